The summed E-state index contributed by atoms with van der Waals surface area (Å²) in [6.07, 6.45) is -3.28. The predicted molar refractivity (Wildman–Crippen MR) is 56.4 cm³/mol. The van der Waals surface area contributed by atoms with E-state index in [4.69, 9.17) is 4.74 Å². The summed E-state index contributed by atoms with van der Waals surface area (Å²) < 4.78 is 42.6. The van der Waals surface area contributed by atoms with Gasteiger partial charge in [0.2, 0.25) is 0 Å². The number of quaternary nitrogens is 1. The first kappa shape index (κ1) is 15.3. The Bertz CT molecular complexity index is 359. The third-order valence-electron chi connectivity index (χ3n) is 2.91. The minimum absolute atomic E-state index is 0. The Hall–Kier alpha value is -0.780. The van der Waals surface area contributed by atoms with Gasteiger partial charge in [0.15, 0.2) is 0 Å². The fourth-order valence-electron chi connectivity index (χ4n) is 1.93. The van der Waals surface area contributed by atoms with Gasteiger partial charge in [-0.2, -0.15) is 13.2 Å². The second kappa shape index (κ2) is 6.41. The van der Waals surface area contributed by atoms with Gasteiger partial charge in [0, 0.05) is 12.0 Å². The molecular formula is C12H15ClF3NO. The summed E-state index contributed by atoms with van der Waals surface area (Å²) in [5.41, 5.74) is 0.288. The van der Waals surface area contributed by atoms with Crippen molar-refractivity contribution in [1.82, 2.24) is 0 Å². The molecule has 0 aromatic heterocycles. The summed E-state index contributed by atoms with van der Waals surface area (Å²) in [5.74, 6) is 0. The zero-order valence-corrected chi connectivity index (χ0v) is 10.5. The molecular weight excluding hydrogens is 267 g/mol. The van der Waals surface area contributed by atoms with Crippen LogP contribution in [-0.2, 0) is 10.9 Å². The lowest BCUT2D eigenvalue weighted by Crippen LogP contribution is -3.00. The number of halogens is 4. The standard InChI is InChI=1S/C12H14F3NO.ClH/c13-12(14,15)10-4-2-9(3-5-10)11-8-17-7-1-6-16-11;/h2-5,11,16H,1,6-8H2;1H. The molecule has 0 radical (unpaired) electrons. The van der Waals surface area contributed by atoms with Crippen LogP contribution < -0.4 is 17.7 Å². The molecule has 0 aliphatic carbocycles. The van der Waals surface area contributed by atoms with E-state index in [1.54, 1.807) is 12.1 Å². The summed E-state index contributed by atoms with van der Waals surface area (Å²) >= 11 is 0. The molecule has 1 atom stereocenters. The smallest absolute Gasteiger partial charge is 0.416 e. The van der Waals surface area contributed by atoms with Gasteiger partial charge >= 0.3 is 6.18 Å². The van der Waals surface area contributed by atoms with Crippen LogP contribution in [0.1, 0.15) is 23.6 Å². The van der Waals surface area contributed by atoms with Crippen molar-refractivity contribution in [1.29, 1.82) is 0 Å². The van der Waals surface area contributed by atoms with Gasteiger partial charge in [-0.15, -0.1) is 0 Å². The van der Waals surface area contributed by atoms with Crippen molar-refractivity contribution in [3.8, 4) is 0 Å². The fraction of sp³-hybridized carbons (Fsp3) is 0.500. The topological polar surface area (TPSA) is 25.8 Å². The molecule has 1 aliphatic rings. The molecule has 0 saturated carbocycles. The first-order chi connectivity index (χ1) is 8.07. The van der Waals surface area contributed by atoms with Crippen LogP contribution in [0.2, 0.25) is 0 Å². The molecule has 2 N–H and O–H groups in total. The van der Waals surface area contributed by atoms with Gasteiger partial charge in [-0.1, -0.05) is 12.1 Å². The Labute approximate surface area is 110 Å². The van der Waals surface area contributed by atoms with Crippen molar-refractivity contribution in [3.63, 3.8) is 0 Å². The highest BCUT2D eigenvalue weighted by molar-refractivity contribution is 5.25. The van der Waals surface area contributed by atoms with E-state index in [-0.39, 0.29) is 18.4 Å². The number of benzene rings is 1. The van der Waals surface area contributed by atoms with Gasteiger partial charge in [-0.05, 0) is 12.1 Å². The molecule has 0 amide bonds. The van der Waals surface area contributed by atoms with E-state index in [9.17, 15) is 13.2 Å². The van der Waals surface area contributed by atoms with Crippen molar-refractivity contribution in [2.45, 2.75) is 18.6 Å². The highest BCUT2D eigenvalue weighted by atomic mass is 35.5. The van der Waals surface area contributed by atoms with Crippen molar-refractivity contribution >= 4 is 0 Å². The quantitative estimate of drug-likeness (QED) is 0.683. The maximum Gasteiger partial charge on any atom is 0.416 e. The Balaban J connectivity index is 0.00000162. The average Bonchev–Trinajstić information content (AvgIpc) is 2.56. The van der Waals surface area contributed by atoms with E-state index in [2.05, 4.69) is 5.32 Å². The fourth-order valence-corrected chi connectivity index (χ4v) is 1.93. The molecule has 2 rings (SSSR count). The van der Waals surface area contributed by atoms with E-state index in [1.807, 2.05) is 0 Å². The van der Waals surface area contributed by atoms with Crippen LogP contribution in [-0.4, -0.2) is 19.8 Å². The van der Waals surface area contributed by atoms with Gasteiger partial charge < -0.3 is 22.5 Å². The zero-order chi connectivity index (χ0) is 12.3. The van der Waals surface area contributed by atoms with Crippen molar-refractivity contribution in [2.24, 2.45) is 0 Å². The average molecular weight is 282 g/mol. The lowest BCUT2D eigenvalue weighted by Gasteiger charge is -2.13. The highest BCUT2D eigenvalue weighted by Crippen LogP contribution is 2.29. The largest absolute Gasteiger partial charge is 1.00 e. The van der Waals surface area contributed by atoms with Crippen LogP contribution >= 0.6 is 0 Å². The SMILES string of the molecule is FC(F)(F)c1ccc(C2COCCC[NH2+]2)cc1.[Cl-]. The maximum atomic E-state index is 12.4. The van der Waals surface area contributed by atoms with Gasteiger partial charge in [-0.25, -0.2) is 0 Å². The van der Waals surface area contributed by atoms with Crippen LogP contribution in [0.25, 0.3) is 0 Å². The van der Waals surface area contributed by atoms with Gasteiger partial charge in [0.1, 0.15) is 12.6 Å². The van der Waals surface area contributed by atoms with Gasteiger partial charge in [0.05, 0.1) is 18.7 Å². The van der Waals surface area contributed by atoms with E-state index in [0.29, 0.717) is 6.61 Å². The molecule has 2 nitrogen and oxygen atoms in total. The van der Waals surface area contributed by atoms with Crippen molar-refractivity contribution in [3.05, 3.63) is 35.4 Å². The third kappa shape index (κ3) is 3.86. The molecule has 1 heterocycles. The lowest BCUT2D eigenvalue weighted by molar-refractivity contribution is -0.693. The van der Waals surface area contributed by atoms with E-state index >= 15 is 0 Å². The Kier molecular flexibility index (Phi) is 5.44. The minimum atomic E-state index is -4.26. The van der Waals surface area contributed by atoms with Gasteiger partial charge in [-0.3, -0.25) is 0 Å². The second-order valence-electron chi connectivity index (χ2n) is 4.18. The molecule has 18 heavy (non-hydrogen) atoms. The molecule has 1 unspecified atom stereocenters. The Morgan fingerprint density at radius 1 is 1.17 bits per heavy atom. The molecule has 1 aliphatic heterocycles. The number of nitrogens with two attached hydrogens (primary N) is 1. The lowest BCUT2D eigenvalue weighted by atomic mass is 10.1. The van der Waals surface area contributed by atoms with Crippen LogP contribution in [0.5, 0.6) is 0 Å². The second-order valence-corrected chi connectivity index (χ2v) is 4.18. The number of alkyl halides is 3. The van der Waals surface area contributed by atoms with Crippen molar-refractivity contribution < 1.29 is 35.6 Å². The van der Waals surface area contributed by atoms with E-state index < -0.39 is 11.7 Å². The molecule has 1 aromatic carbocycles. The van der Waals surface area contributed by atoms with Crippen LogP contribution in [0, 0.1) is 0 Å². The summed E-state index contributed by atoms with van der Waals surface area (Å²) in [5, 5.41) is 2.12. The first-order valence-electron chi connectivity index (χ1n) is 5.65. The van der Waals surface area contributed by atoms with Gasteiger partial charge in [0.25, 0.3) is 0 Å². The van der Waals surface area contributed by atoms with E-state index in [0.717, 1.165) is 37.3 Å². The molecule has 0 bridgehead atoms. The molecule has 1 aromatic rings. The number of hydrogen-bond acceptors (Lipinski definition) is 1. The number of rotatable bonds is 1. The number of ether oxygens (including phenoxy) is 1. The van der Waals surface area contributed by atoms with Crippen LogP contribution in [0.3, 0.4) is 0 Å². The predicted octanol–water partition coefficient (Wildman–Crippen LogP) is -1.27. The zero-order valence-electron chi connectivity index (χ0n) is 9.71. The highest BCUT2D eigenvalue weighted by Gasteiger charge is 2.30. The molecule has 102 valence electrons. The molecule has 6 heteroatoms. The molecule has 1 fully saturated rings. The normalized spacial score (nSPS) is 20.9. The van der Waals surface area contributed by atoms with E-state index in [1.165, 1.54) is 0 Å². The summed E-state index contributed by atoms with van der Waals surface area (Å²) in [6.45, 7) is 2.24. The molecule has 0 spiro atoms. The Morgan fingerprint density at radius 2 is 1.83 bits per heavy atom. The summed E-state index contributed by atoms with van der Waals surface area (Å²) in [6, 6.07) is 5.46. The first-order valence-corrected chi connectivity index (χ1v) is 5.65. The van der Waals surface area contributed by atoms with Crippen molar-refractivity contribution in [2.75, 3.05) is 19.8 Å². The monoisotopic (exact) mass is 281 g/mol. The summed E-state index contributed by atoms with van der Waals surface area (Å²) in [7, 11) is 0. The molecule has 1 saturated heterocycles. The maximum absolute atomic E-state index is 12.4. The Morgan fingerprint density at radius 3 is 2.44 bits per heavy atom. The number of hydrogen-bond donors (Lipinski definition) is 1. The third-order valence-corrected chi connectivity index (χ3v) is 2.91. The van der Waals surface area contributed by atoms with Crippen LogP contribution in [0.15, 0.2) is 24.3 Å². The minimum Gasteiger partial charge on any atom is -1.00 e. The summed E-state index contributed by atoms with van der Waals surface area (Å²) in [4.78, 5) is 0. The van der Waals surface area contributed by atoms with Crippen LogP contribution in [0.4, 0.5) is 13.2 Å².